The molecule has 2 N–H and O–H groups in total. The summed E-state index contributed by atoms with van der Waals surface area (Å²) in [5.41, 5.74) is 3.04. The molecule has 0 unspecified atom stereocenters. The molecule has 1 amide bonds. The van der Waals surface area contributed by atoms with E-state index in [1.54, 1.807) is 12.1 Å². The van der Waals surface area contributed by atoms with Gasteiger partial charge in [-0.3, -0.25) is 9.59 Å². The van der Waals surface area contributed by atoms with E-state index in [0.717, 1.165) is 24.2 Å². The van der Waals surface area contributed by atoms with E-state index < -0.39 is 5.92 Å². The molecule has 2 aromatic carbocycles. The van der Waals surface area contributed by atoms with Gasteiger partial charge in [0.25, 0.3) is 0 Å². The highest BCUT2D eigenvalue weighted by Gasteiger charge is 2.38. The molecule has 2 aliphatic heterocycles. The molecule has 0 saturated carbocycles. The minimum Gasteiger partial charge on any atom is -0.384 e. The van der Waals surface area contributed by atoms with Crippen molar-refractivity contribution in [2.75, 3.05) is 18.4 Å². The number of fused-ring (bicyclic) bond motifs is 1. The van der Waals surface area contributed by atoms with Crippen LogP contribution in [0.1, 0.15) is 29.0 Å². The Balaban J connectivity index is 1.52. The maximum atomic E-state index is 14.6. The molecule has 2 atom stereocenters. The third-order valence-electron chi connectivity index (χ3n) is 5.41. The van der Waals surface area contributed by atoms with Gasteiger partial charge in [0.1, 0.15) is 17.4 Å². The first-order chi connectivity index (χ1) is 13.0. The number of hydrogen-bond donors (Lipinski definition) is 2. The molecule has 0 aliphatic carbocycles. The van der Waals surface area contributed by atoms with Crippen LogP contribution in [0.5, 0.6) is 0 Å². The Morgan fingerprint density at radius 1 is 1.11 bits per heavy atom. The third kappa shape index (κ3) is 3.56. The van der Waals surface area contributed by atoms with Crippen molar-refractivity contribution in [1.82, 2.24) is 5.32 Å². The van der Waals surface area contributed by atoms with Gasteiger partial charge in [-0.25, -0.2) is 8.78 Å². The second-order valence-corrected chi connectivity index (χ2v) is 7.21. The van der Waals surface area contributed by atoms with E-state index in [4.69, 9.17) is 0 Å². The highest BCUT2D eigenvalue weighted by atomic mass is 19.1. The predicted molar refractivity (Wildman–Crippen MR) is 97.6 cm³/mol. The number of carbonyl (C=O) groups excluding carboxylic acids is 2. The predicted octanol–water partition coefficient (Wildman–Crippen LogP) is 2.96. The fraction of sp³-hybridized carbons (Fsp3) is 0.333. The van der Waals surface area contributed by atoms with Crippen LogP contribution in [0, 0.1) is 17.6 Å². The molecule has 2 aromatic rings. The van der Waals surface area contributed by atoms with Crippen LogP contribution in [0.3, 0.4) is 0 Å². The van der Waals surface area contributed by atoms with Crippen LogP contribution in [0.2, 0.25) is 0 Å². The van der Waals surface area contributed by atoms with Gasteiger partial charge in [0.2, 0.25) is 5.91 Å². The number of rotatable bonds is 5. The summed E-state index contributed by atoms with van der Waals surface area (Å²) in [5, 5.41) is 5.91. The third-order valence-corrected chi connectivity index (χ3v) is 5.41. The molecule has 27 heavy (non-hydrogen) atoms. The molecule has 0 aromatic heterocycles. The lowest BCUT2D eigenvalue weighted by atomic mass is 9.83. The summed E-state index contributed by atoms with van der Waals surface area (Å²) in [7, 11) is 0. The maximum absolute atomic E-state index is 14.6. The summed E-state index contributed by atoms with van der Waals surface area (Å²) >= 11 is 0. The quantitative estimate of drug-likeness (QED) is 0.851. The molecule has 4 nitrogen and oxygen atoms in total. The van der Waals surface area contributed by atoms with E-state index in [-0.39, 0.29) is 42.1 Å². The van der Waals surface area contributed by atoms with E-state index in [1.165, 1.54) is 18.2 Å². The highest BCUT2D eigenvalue weighted by Crippen LogP contribution is 2.36. The SMILES string of the molecule is O=C(Cc1ccc(F)cc1)C[C@@H]1C(=O)NC[C@H]1c1cc2c(cc1F)NCC2. The van der Waals surface area contributed by atoms with Crippen molar-refractivity contribution in [1.29, 1.82) is 0 Å². The summed E-state index contributed by atoms with van der Waals surface area (Å²) in [6.07, 6.45) is 1.00. The van der Waals surface area contributed by atoms with Crippen molar-refractivity contribution in [3.63, 3.8) is 0 Å². The minimum absolute atomic E-state index is 0.0443. The summed E-state index contributed by atoms with van der Waals surface area (Å²) in [4.78, 5) is 24.8. The number of benzene rings is 2. The van der Waals surface area contributed by atoms with E-state index in [9.17, 15) is 18.4 Å². The van der Waals surface area contributed by atoms with Crippen LogP contribution >= 0.6 is 0 Å². The van der Waals surface area contributed by atoms with Crippen molar-refractivity contribution in [2.45, 2.75) is 25.2 Å². The fourth-order valence-corrected chi connectivity index (χ4v) is 4.00. The van der Waals surface area contributed by atoms with Gasteiger partial charge in [0, 0.05) is 37.5 Å². The molecule has 1 fully saturated rings. The minimum atomic E-state index is -0.583. The molecule has 6 heteroatoms. The van der Waals surface area contributed by atoms with E-state index in [1.807, 2.05) is 6.07 Å². The Labute approximate surface area is 156 Å². The number of hydrogen-bond acceptors (Lipinski definition) is 3. The van der Waals surface area contributed by atoms with Crippen molar-refractivity contribution < 1.29 is 18.4 Å². The lowest BCUT2D eigenvalue weighted by molar-refractivity contribution is -0.127. The number of nitrogens with one attached hydrogen (secondary N) is 2. The van der Waals surface area contributed by atoms with Crippen molar-refractivity contribution in [3.05, 3.63) is 64.7 Å². The standard InChI is InChI=1S/C21H20F2N2O2/c22-14-3-1-12(2-4-14)7-15(26)9-17-18(11-25-21(17)27)16-8-13-5-6-24-20(13)10-19(16)23/h1-4,8,10,17-18,24H,5-7,9,11H2,(H,25,27)/t17-,18-/m0/s1. The zero-order chi connectivity index (χ0) is 19.0. The van der Waals surface area contributed by atoms with Crippen LogP contribution in [0.25, 0.3) is 0 Å². The van der Waals surface area contributed by atoms with Crippen LogP contribution in [-0.2, 0) is 22.4 Å². The lowest BCUT2D eigenvalue weighted by Crippen LogP contribution is -2.23. The molecule has 0 spiro atoms. The molecule has 4 rings (SSSR count). The molecule has 140 valence electrons. The van der Waals surface area contributed by atoms with E-state index in [2.05, 4.69) is 10.6 Å². The van der Waals surface area contributed by atoms with Gasteiger partial charge < -0.3 is 10.6 Å². The zero-order valence-corrected chi connectivity index (χ0v) is 14.7. The average Bonchev–Trinajstić information content (AvgIpc) is 3.23. The lowest BCUT2D eigenvalue weighted by Gasteiger charge is -2.18. The first-order valence-corrected chi connectivity index (χ1v) is 9.11. The molecule has 1 saturated heterocycles. The largest absolute Gasteiger partial charge is 0.384 e. The topological polar surface area (TPSA) is 58.2 Å². The normalized spacial score (nSPS) is 20.9. The number of anilines is 1. The van der Waals surface area contributed by atoms with Gasteiger partial charge in [-0.05, 0) is 41.3 Å². The van der Waals surface area contributed by atoms with Gasteiger partial charge in [0.05, 0.1) is 5.92 Å². The van der Waals surface area contributed by atoms with Gasteiger partial charge in [0.15, 0.2) is 0 Å². The number of ketones is 1. The van der Waals surface area contributed by atoms with Crippen LogP contribution < -0.4 is 10.6 Å². The van der Waals surface area contributed by atoms with Gasteiger partial charge in [-0.15, -0.1) is 0 Å². The summed E-state index contributed by atoms with van der Waals surface area (Å²) < 4.78 is 27.6. The van der Waals surface area contributed by atoms with Crippen molar-refractivity contribution in [2.24, 2.45) is 5.92 Å². The van der Waals surface area contributed by atoms with Crippen LogP contribution in [-0.4, -0.2) is 24.8 Å². The molecular weight excluding hydrogens is 350 g/mol. The van der Waals surface area contributed by atoms with E-state index in [0.29, 0.717) is 17.7 Å². The second-order valence-electron chi connectivity index (χ2n) is 7.21. The zero-order valence-electron chi connectivity index (χ0n) is 14.7. The van der Waals surface area contributed by atoms with Gasteiger partial charge >= 0.3 is 0 Å². The van der Waals surface area contributed by atoms with E-state index >= 15 is 0 Å². The molecule has 0 bridgehead atoms. The monoisotopic (exact) mass is 370 g/mol. The van der Waals surface area contributed by atoms with Crippen molar-refractivity contribution in [3.8, 4) is 0 Å². The van der Waals surface area contributed by atoms with Gasteiger partial charge in [-0.1, -0.05) is 18.2 Å². The molecule has 2 aliphatic rings. The Kier molecular flexibility index (Phi) is 4.64. The van der Waals surface area contributed by atoms with Crippen molar-refractivity contribution >= 4 is 17.4 Å². The summed E-state index contributed by atoms with van der Waals surface area (Å²) in [6, 6.07) is 9.05. The smallest absolute Gasteiger partial charge is 0.224 e. The van der Waals surface area contributed by atoms with Crippen LogP contribution in [0.4, 0.5) is 14.5 Å². The highest BCUT2D eigenvalue weighted by molar-refractivity contribution is 5.90. The Morgan fingerprint density at radius 3 is 2.67 bits per heavy atom. The number of carbonyl (C=O) groups is 2. The Hall–Kier alpha value is -2.76. The Morgan fingerprint density at radius 2 is 1.89 bits per heavy atom. The fourth-order valence-electron chi connectivity index (χ4n) is 4.00. The van der Waals surface area contributed by atoms with Gasteiger partial charge in [-0.2, -0.15) is 0 Å². The first kappa shape index (κ1) is 17.6. The molecule has 0 radical (unpaired) electrons. The van der Waals surface area contributed by atoms with Crippen LogP contribution in [0.15, 0.2) is 36.4 Å². The summed E-state index contributed by atoms with van der Waals surface area (Å²) in [5.74, 6) is -1.98. The molecule has 2 heterocycles. The average molecular weight is 370 g/mol. The number of amides is 1. The number of Topliss-reactive ketones (excluding diaryl/α,β-unsaturated/α-hetero) is 1. The molecular formula is C21H20F2N2O2. The summed E-state index contributed by atoms with van der Waals surface area (Å²) in [6.45, 7) is 1.11. The Bertz CT molecular complexity index is 896. The second kappa shape index (κ2) is 7.10. The maximum Gasteiger partial charge on any atom is 0.224 e. The first-order valence-electron chi connectivity index (χ1n) is 9.11. The number of halogens is 2.